The number of nitrogens with one attached hydrogen (secondary N) is 1. The summed E-state index contributed by atoms with van der Waals surface area (Å²) in [4.78, 5) is 28.1. The van der Waals surface area contributed by atoms with Crippen LogP contribution in [-0.2, 0) is 9.59 Å². The first kappa shape index (κ1) is 16.5. The van der Waals surface area contributed by atoms with Crippen LogP contribution in [0.3, 0.4) is 0 Å². The highest BCUT2D eigenvalue weighted by molar-refractivity contribution is 8.16. The van der Waals surface area contributed by atoms with Gasteiger partial charge in [0.05, 0.1) is 0 Å². The summed E-state index contributed by atoms with van der Waals surface area (Å²) in [6.45, 7) is 0. The van der Waals surface area contributed by atoms with Crippen LogP contribution in [-0.4, -0.2) is 27.2 Å². The van der Waals surface area contributed by atoms with Crippen molar-refractivity contribution >= 4 is 45.9 Å². The molecule has 2 aromatic rings. The third kappa shape index (κ3) is 3.96. The van der Waals surface area contributed by atoms with E-state index in [0.717, 1.165) is 5.56 Å². The number of amides is 2. The van der Waals surface area contributed by atoms with Crippen LogP contribution in [0, 0.1) is 0 Å². The third-order valence-electron chi connectivity index (χ3n) is 3.33. The molecule has 3 rings (SSSR count). The van der Waals surface area contributed by atoms with E-state index in [1.807, 2.05) is 0 Å². The van der Waals surface area contributed by atoms with Crippen LogP contribution in [0.1, 0.15) is 12.0 Å². The summed E-state index contributed by atoms with van der Waals surface area (Å²) in [6, 6.07) is 13.2. The molecule has 1 atom stereocenters. The molecule has 1 heterocycles. The predicted molar refractivity (Wildman–Crippen MR) is 95.7 cm³/mol. The highest BCUT2D eigenvalue weighted by Gasteiger charge is 2.31. The fourth-order valence-electron chi connectivity index (χ4n) is 2.20. The molecule has 2 amide bonds. The Morgan fingerprint density at radius 1 is 1.25 bits per heavy atom. The minimum atomic E-state index is -0.548. The number of phenols is 1. The number of aromatic hydroxyl groups is 1. The van der Waals surface area contributed by atoms with E-state index in [2.05, 4.69) is 10.3 Å². The topological polar surface area (TPSA) is 78.8 Å². The number of hydrogen-bond acceptors (Lipinski definition) is 4. The number of carbonyl (C=O) groups is 2. The van der Waals surface area contributed by atoms with E-state index in [0.29, 0.717) is 15.8 Å². The molecule has 0 saturated heterocycles. The zero-order chi connectivity index (χ0) is 17.1. The van der Waals surface area contributed by atoms with E-state index in [1.54, 1.807) is 36.4 Å². The van der Waals surface area contributed by atoms with Crippen molar-refractivity contribution in [3.05, 3.63) is 59.1 Å². The lowest BCUT2D eigenvalue weighted by molar-refractivity contribution is -0.121. The highest BCUT2D eigenvalue weighted by Crippen LogP contribution is 2.30. The lowest BCUT2D eigenvalue weighted by Gasteiger charge is -2.08. The lowest BCUT2D eigenvalue weighted by Crippen LogP contribution is -2.21. The average molecular weight is 361 g/mol. The summed E-state index contributed by atoms with van der Waals surface area (Å²) >= 11 is 7.13. The zero-order valence-electron chi connectivity index (χ0n) is 12.4. The summed E-state index contributed by atoms with van der Waals surface area (Å²) in [7, 11) is 0. The van der Waals surface area contributed by atoms with Gasteiger partial charge in [-0.05, 0) is 42.5 Å². The molecule has 122 valence electrons. The van der Waals surface area contributed by atoms with Crippen LogP contribution in [0.15, 0.2) is 53.5 Å². The SMILES string of the molecule is O=C(C[C@@H]1SC(c2ccc(O)cc2)=NC1=O)Nc1cccc(Cl)c1. The molecule has 5 nitrogen and oxygen atoms in total. The quantitative estimate of drug-likeness (QED) is 0.875. The Bertz CT molecular complexity index is 821. The number of aliphatic imine (C=N–C) groups is 1. The first-order valence-corrected chi connectivity index (χ1v) is 8.41. The molecule has 0 aromatic heterocycles. The molecule has 7 heteroatoms. The molecular formula is C17H13ClN2O3S. The van der Waals surface area contributed by atoms with Gasteiger partial charge >= 0.3 is 0 Å². The number of phenolic OH excluding ortho intramolecular Hbond substituents is 1. The Morgan fingerprint density at radius 2 is 2.00 bits per heavy atom. The first-order chi connectivity index (χ1) is 11.5. The molecule has 0 unspecified atom stereocenters. The van der Waals surface area contributed by atoms with Crippen LogP contribution in [0.25, 0.3) is 0 Å². The van der Waals surface area contributed by atoms with Crippen LogP contribution >= 0.6 is 23.4 Å². The molecule has 0 fully saturated rings. The van der Waals surface area contributed by atoms with Gasteiger partial charge in [-0.1, -0.05) is 29.4 Å². The van der Waals surface area contributed by atoms with Gasteiger partial charge in [0, 0.05) is 22.7 Å². The normalized spacial score (nSPS) is 16.8. The van der Waals surface area contributed by atoms with Gasteiger partial charge in [-0.3, -0.25) is 9.59 Å². The standard InChI is InChI=1S/C17H13ClN2O3S/c18-11-2-1-3-12(8-11)19-15(22)9-14-16(23)20-17(24-14)10-4-6-13(21)7-5-10/h1-8,14,21H,9H2,(H,19,22)/t14-/m0/s1. The Morgan fingerprint density at radius 3 is 2.71 bits per heavy atom. The van der Waals surface area contributed by atoms with Crippen LogP contribution in [0.4, 0.5) is 5.69 Å². The van der Waals surface area contributed by atoms with Crippen molar-refractivity contribution < 1.29 is 14.7 Å². The maximum absolute atomic E-state index is 12.1. The fourth-order valence-corrected chi connectivity index (χ4v) is 3.46. The van der Waals surface area contributed by atoms with Crippen molar-refractivity contribution in [2.75, 3.05) is 5.32 Å². The molecule has 0 radical (unpaired) electrons. The summed E-state index contributed by atoms with van der Waals surface area (Å²) in [5, 5.41) is 12.6. The van der Waals surface area contributed by atoms with Crippen molar-refractivity contribution in [3.8, 4) is 5.75 Å². The van der Waals surface area contributed by atoms with Crippen molar-refractivity contribution in [3.63, 3.8) is 0 Å². The zero-order valence-corrected chi connectivity index (χ0v) is 14.0. The van der Waals surface area contributed by atoms with Crippen LogP contribution < -0.4 is 5.32 Å². The van der Waals surface area contributed by atoms with Crippen molar-refractivity contribution in [1.82, 2.24) is 0 Å². The Hall–Kier alpha value is -2.31. The monoisotopic (exact) mass is 360 g/mol. The highest BCUT2D eigenvalue weighted by atomic mass is 35.5. The maximum atomic E-state index is 12.1. The number of carbonyl (C=O) groups excluding carboxylic acids is 2. The van der Waals surface area contributed by atoms with Gasteiger partial charge in [-0.25, -0.2) is 4.99 Å². The first-order valence-electron chi connectivity index (χ1n) is 7.15. The molecule has 0 saturated carbocycles. The van der Waals surface area contributed by atoms with Gasteiger partial charge in [-0.2, -0.15) is 0 Å². The summed E-state index contributed by atoms with van der Waals surface area (Å²) in [5.74, 6) is -0.458. The molecule has 1 aliphatic rings. The van der Waals surface area contributed by atoms with E-state index in [1.165, 1.54) is 23.9 Å². The number of nitrogens with zero attached hydrogens (tertiary/aromatic N) is 1. The van der Waals surface area contributed by atoms with E-state index in [9.17, 15) is 14.7 Å². The molecule has 2 N–H and O–H groups in total. The number of thioether (sulfide) groups is 1. The molecule has 0 bridgehead atoms. The van der Waals surface area contributed by atoms with Crippen molar-refractivity contribution in [1.29, 1.82) is 0 Å². The van der Waals surface area contributed by atoms with Crippen LogP contribution in [0.2, 0.25) is 5.02 Å². The molecule has 1 aliphatic heterocycles. The smallest absolute Gasteiger partial charge is 0.260 e. The van der Waals surface area contributed by atoms with Gasteiger partial charge in [0.15, 0.2) is 0 Å². The van der Waals surface area contributed by atoms with Crippen molar-refractivity contribution in [2.45, 2.75) is 11.7 Å². The average Bonchev–Trinajstić information content (AvgIpc) is 2.89. The minimum Gasteiger partial charge on any atom is -0.508 e. The number of halogens is 1. The second kappa shape index (κ2) is 7.07. The molecule has 24 heavy (non-hydrogen) atoms. The predicted octanol–water partition coefficient (Wildman–Crippen LogP) is 3.46. The van der Waals surface area contributed by atoms with Crippen LogP contribution in [0.5, 0.6) is 5.75 Å². The second-order valence-corrected chi connectivity index (χ2v) is 6.80. The molecular weight excluding hydrogens is 348 g/mol. The Balaban J connectivity index is 1.62. The van der Waals surface area contributed by atoms with Gasteiger partial charge in [-0.15, -0.1) is 0 Å². The Kier molecular flexibility index (Phi) is 4.87. The lowest BCUT2D eigenvalue weighted by atomic mass is 10.2. The van der Waals surface area contributed by atoms with E-state index in [-0.39, 0.29) is 24.0 Å². The second-order valence-electron chi connectivity index (χ2n) is 5.17. The van der Waals surface area contributed by atoms with Crippen molar-refractivity contribution in [2.24, 2.45) is 4.99 Å². The molecule has 0 spiro atoms. The number of anilines is 1. The van der Waals surface area contributed by atoms with E-state index < -0.39 is 5.25 Å². The fraction of sp³-hybridized carbons (Fsp3) is 0.118. The summed E-state index contributed by atoms with van der Waals surface area (Å²) < 4.78 is 0. The third-order valence-corrected chi connectivity index (χ3v) is 4.77. The summed E-state index contributed by atoms with van der Waals surface area (Å²) in [6.07, 6.45) is 0.0289. The van der Waals surface area contributed by atoms with Gasteiger partial charge in [0.1, 0.15) is 16.0 Å². The largest absolute Gasteiger partial charge is 0.508 e. The van der Waals surface area contributed by atoms with Gasteiger partial charge in [0.2, 0.25) is 5.91 Å². The van der Waals surface area contributed by atoms with Gasteiger partial charge in [0.25, 0.3) is 5.91 Å². The minimum absolute atomic E-state index is 0.0289. The number of rotatable bonds is 4. The summed E-state index contributed by atoms with van der Waals surface area (Å²) in [5.41, 5.74) is 1.33. The van der Waals surface area contributed by atoms with Gasteiger partial charge < -0.3 is 10.4 Å². The Labute approximate surface area is 147 Å². The van der Waals surface area contributed by atoms with E-state index >= 15 is 0 Å². The van der Waals surface area contributed by atoms with E-state index in [4.69, 9.17) is 11.6 Å². The molecule has 2 aromatic carbocycles. The number of hydrogen-bond donors (Lipinski definition) is 2. The maximum Gasteiger partial charge on any atom is 0.260 e. The number of benzene rings is 2. The molecule has 0 aliphatic carbocycles.